The maximum atomic E-state index is 12.5. The van der Waals surface area contributed by atoms with E-state index in [1.807, 2.05) is 23.1 Å². The summed E-state index contributed by atoms with van der Waals surface area (Å²) in [4.78, 5) is 14.4. The van der Waals surface area contributed by atoms with Gasteiger partial charge >= 0.3 is 0 Å². The molecular weight excluding hydrogens is 256 g/mol. The van der Waals surface area contributed by atoms with E-state index in [1.165, 1.54) is 0 Å². The number of benzene rings is 1. The number of amides is 1. The second-order valence-corrected chi connectivity index (χ2v) is 4.94. The SMILES string of the molecule is COc1cccc(OC)c1CC(=O)N1CCCC1CN. The van der Waals surface area contributed by atoms with Crippen molar-refractivity contribution >= 4 is 5.91 Å². The quantitative estimate of drug-likeness (QED) is 0.879. The molecule has 1 heterocycles. The largest absolute Gasteiger partial charge is 0.496 e. The van der Waals surface area contributed by atoms with E-state index in [2.05, 4.69) is 0 Å². The molecule has 1 amide bonds. The van der Waals surface area contributed by atoms with Crippen LogP contribution in [0.1, 0.15) is 18.4 Å². The number of hydrogen-bond acceptors (Lipinski definition) is 4. The van der Waals surface area contributed by atoms with Crippen LogP contribution in [0, 0.1) is 0 Å². The van der Waals surface area contributed by atoms with Crippen molar-refractivity contribution in [2.75, 3.05) is 27.3 Å². The minimum Gasteiger partial charge on any atom is -0.496 e. The lowest BCUT2D eigenvalue weighted by atomic mass is 10.1. The Balaban J connectivity index is 2.19. The lowest BCUT2D eigenvalue weighted by molar-refractivity contribution is -0.131. The summed E-state index contributed by atoms with van der Waals surface area (Å²) in [6.45, 7) is 1.31. The number of rotatable bonds is 5. The molecule has 0 saturated carbocycles. The first-order valence-corrected chi connectivity index (χ1v) is 6.90. The van der Waals surface area contributed by atoms with Gasteiger partial charge in [0.15, 0.2) is 0 Å². The second-order valence-electron chi connectivity index (χ2n) is 4.94. The average molecular weight is 278 g/mol. The molecule has 1 aliphatic rings. The molecule has 0 aliphatic carbocycles. The Labute approximate surface area is 119 Å². The Hall–Kier alpha value is -1.75. The molecule has 1 unspecified atom stereocenters. The van der Waals surface area contributed by atoms with E-state index in [0.717, 1.165) is 24.9 Å². The molecule has 1 atom stereocenters. The molecule has 1 fully saturated rings. The highest BCUT2D eigenvalue weighted by Crippen LogP contribution is 2.30. The van der Waals surface area contributed by atoms with Crippen LogP contribution in [0.25, 0.3) is 0 Å². The van der Waals surface area contributed by atoms with Crippen molar-refractivity contribution in [3.63, 3.8) is 0 Å². The van der Waals surface area contributed by atoms with Gasteiger partial charge in [0.05, 0.1) is 20.6 Å². The number of hydrogen-bond donors (Lipinski definition) is 1. The first-order chi connectivity index (χ1) is 9.71. The fourth-order valence-electron chi connectivity index (χ4n) is 2.76. The Morgan fingerprint density at radius 1 is 1.35 bits per heavy atom. The normalized spacial score (nSPS) is 18.1. The molecule has 1 aromatic carbocycles. The van der Waals surface area contributed by atoms with Crippen LogP contribution in [0.5, 0.6) is 11.5 Å². The molecule has 5 nitrogen and oxygen atoms in total. The Bertz CT molecular complexity index is 454. The number of likely N-dealkylation sites (tertiary alicyclic amines) is 1. The van der Waals surface area contributed by atoms with Crippen LogP contribution >= 0.6 is 0 Å². The zero-order chi connectivity index (χ0) is 14.5. The van der Waals surface area contributed by atoms with Gasteiger partial charge in [-0.15, -0.1) is 0 Å². The van der Waals surface area contributed by atoms with Gasteiger partial charge in [0.2, 0.25) is 5.91 Å². The maximum absolute atomic E-state index is 12.5. The van der Waals surface area contributed by atoms with Crippen LogP contribution in [0.3, 0.4) is 0 Å². The number of methoxy groups -OCH3 is 2. The average Bonchev–Trinajstić information content (AvgIpc) is 2.95. The number of nitrogens with zero attached hydrogens (tertiary/aromatic N) is 1. The van der Waals surface area contributed by atoms with E-state index in [4.69, 9.17) is 15.2 Å². The Kier molecular flexibility index (Phi) is 4.84. The molecule has 0 spiro atoms. The minimum atomic E-state index is 0.0840. The Morgan fingerprint density at radius 2 is 2.00 bits per heavy atom. The minimum absolute atomic E-state index is 0.0840. The van der Waals surface area contributed by atoms with Crippen LogP contribution in [-0.2, 0) is 11.2 Å². The lowest BCUT2D eigenvalue weighted by Crippen LogP contribution is -2.40. The van der Waals surface area contributed by atoms with Crippen LogP contribution in [0.4, 0.5) is 0 Å². The number of carbonyl (C=O) groups is 1. The molecule has 5 heteroatoms. The third kappa shape index (κ3) is 2.88. The van der Waals surface area contributed by atoms with Gasteiger partial charge in [0.1, 0.15) is 11.5 Å². The monoisotopic (exact) mass is 278 g/mol. The van der Waals surface area contributed by atoms with Crippen molar-refractivity contribution in [1.29, 1.82) is 0 Å². The van der Waals surface area contributed by atoms with Gasteiger partial charge in [-0.1, -0.05) is 6.07 Å². The predicted octanol–water partition coefficient (Wildman–Crippen LogP) is 1.20. The van der Waals surface area contributed by atoms with E-state index in [0.29, 0.717) is 18.0 Å². The maximum Gasteiger partial charge on any atom is 0.227 e. The van der Waals surface area contributed by atoms with Crippen LogP contribution in [-0.4, -0.2) is 44.2 Å². The summed E-state index contributed by atoms with van der Waals surface area (Å²) in [5.41, 5.74) is 6.52. The number of carbonyl (C=O) groups excluding carboxylic acids is 1. The highest BCUT2D eigenvalue weighted by atomic mass is 16.5. The van der Waals surface area contributed by atoms with Crippen molar-refractivity contribution in [3.8, 4) is 11.5 Å². The van der Waals surface area contributed by atoms with Crippen molar-refractivity contribution in [2.24, 2.45) is 5.73 Å². The molecular formula is C15H22N2O3. The van der Waals surface area contributed by atoms with Gasteiger partial charge < -0.3 is 20.1 Å². The molecule has 0 bridgehead atoms. The molecule has 1 aromatic rings. The van der Waals surface area contributed by atoms with Gasteiger partial charge in [0.25, 0.3) is 0 Å². The zero-order valence-electron chi connectivity index (χ0n) is 12.1. The Morgan fingerprint density at radius 3 is 2.55 bits per heavy atom. The predicted molar refractivity (Wildman–Crippen MR) is 77.0 cm³/mol. The van der Waals surface area contributed by atoms with E-state index in [-0.39, 0.29) is 18.4 Å². The van der Waals surface area contributed by atoms with Gasteiger partial charge in [-0.2, -0.15) is 0 Å². The second kappa shape index (κ2) is 6.61. The fraction of sp³-hybridized carbons (Fsp3) is 0.533. The van der Waals surface area contributed by atoms with Crippen LogP contribution < -0.4 is 15.2 Å². The van der Waals surface area contributed by atoms with Crippen LogP contribution in [0.15, 0.2) is 18.2 Å². The molecule has 0 aromatic heterocycles. The smallest absolute Gasteiger partial charge is 0.227 e. The van der Waals surface area contributed by atoms with Crippen LogP contribution in [0.2, 0.25) is 0 Å². The standard InChI is InChI=1S/C15H22N2O3/c1-19-13-6-3-7-14(20-2)12(13)9-15(18)17-8-4-5-11(17)10-16/h3,6-7,11H,4-5,8-10,16H2,1-2H3. The third-order valence-electron chi connectivity index (χ3n) is 3.83. The summed E-state index contributed by atoms with van der Waals surface area (Å²) in [6.07, 6.45) is 2.30. The highest BCUT2D eigenvalue weighted by Gasteiger charge is 2.28. The van der Waals surface area contributed by atoms with Crippen molar-refractivity contribution in [3.05, 3.63) is 23.8 Å². The highest BCUT2D eigenvalue weighted by molar-refractivity contribution is 5.81. The van der Waals surface area contributed by atoms with E-state index >= 15 is 0 Å². The molecule has 110 valence electrons. The van der Waals surface area contributed by atoms with E-state index < -0.39 is 0 Å². The van der Waals surface area contributed by atoms with Gasteiger partial charge in [0, 0.05) is 24.7 Å². The number of nitrogens with two attached hydrogens (primary N) is 1. The zero-order valence-corrected chi connectivity index (χ0v) is 12.1. The van der Waals surface area contributed by atoms with Gasteiger partial charge in [-0.3, -0.25) is 4.79 Å². The summed E-state index contributed by atoms with van der Waals surface area (Å²) in [6, 6.07) is 5.71. The van der Waals surface area contributed by atoms with Gasteiger partial charge in [-0.05, 0) is 25.0 Å². The van der Waals surface area contributed by atoms with E-state index in [9.17, 15) is 4.79 Å². The first-order valence-electron chi connectivity index (χ1n) is 6.90. The van der Waals surface area contributed by atoms with Crippen molar-refractivity contribution in [2.45, 2.75) is 25.3 Å². The molecule has 1 aliphatic heterocycles. The van der Waals surface area contributed by atoms with Crippen molar-refractivity contribution in [1.82, 2.24) is 4.90 Å². The lowest BCUT2D eigenvalue weighted by Gasteiger charge is -2.24. The molecule has 20 heavy (non-hydrogen) atoms. The summed E-state index contributed by atoms with van der Waals surface area (Å²) in [5.74, 6) is 1.45. The molecule has 1 saturated heterocycles. The van der Waals surface area contributed by atoms with Gasteiger partial charge in [-0.25, -0.2) is 0 Å². The molecule has 2 rings (SSSR count). The summed E-state index contributed by atoms with van der Waals surface area (Å²) < 4.78 is 10.7. The molecule has 2 N–H and O–H groups in total. The number of ether oxygens (including phenoxy) is 2. The topological polar surface area (TPSA) is 64.8 Å². The molecule has 0 radical (unpaired) electrons. The summed E-state index contributed by atoms with van der Waals surface area (Å²) in [7, 11) is 3.20. The first kappa shape index (κ1) is 14.7. The third-order valence-corrected chi connectivity index (χ3v) is 3.83. The van der Waals surface area contributed by atoms with E-state index in [1.54, 1.807) is 14.2 Å². The van der Waals surface area contributed by atoms with Crippen molar-refractivity contribution < 1.29 is 14.3 Å². The summed E-state index contributed by atoms with van der Waals surface area (Å²) in [5, 5.41) is 0. The fourth-order valence-corrected chi connectivity index (χ4v) is 2.76. The summed E-state index contributed by atoms with van der Waals surface area (Å²) >= 11 is 0.